The Hall–Kier alpha value is -3.61. The standard InChI is InChI=1S/C22H23N3O4/c1-13-9-14(2)11-19(10-13)28-12-20-15(3)29-25-21(20)22(27)24-18-7-5-17(6-8-18)23-16(4)26/h5-11H,12H2,1-4H3,(H,23,26)(H,24,27). The van der Waals surface area contributed by atoms with Gasteiger partial charge in [0.1, 0.15) is 18.1 Å². The third kappa shape index (κ3) is 5.22. The van der Waals surface area contributed by atoms with Gasteiger partial charge in [-0.25, -0.2) is 0 Å². The van der Waals surface area contributed by atoms with Crippen LogP contribution in [0, 0.1) is 20.8 Å². The van der Waals surface area contributed by atoms with E-state index in [4.69, 9.17) is 9.26 Å². The molecule has 0 aliphatic carbocycles. The minimum Gasteiger partial charge on any atom is -0.489 e. The zero-order valence-electron chi connectivity index (χ0n) is 16.8. The maximum atomic E-state index is 12.7. The van der Waals surface area contributed by atoms with Crippen LogP contribution in [0.4, 0.5) is 11.4 Å². The van der Waals surface area contributed by atoms with Gasteiger partial charge in [0.05, 0.1) is 5.56 Å². The minimum absolute atomic E-state index is 0.159. The Balaban J connectivity index is 1.71. The highest BCUT2D eigenvalue weighted by Gasteiger charge is 2.20. The average Bonchev–Trinajstić information content (AvgIpc) is 3.01. The lowest BCUT2D eigenvalue weighted by Gasteiger charge is -2.09. The SMILES string of the molecule is CC(=O)Nc1ccc(NC(=O)c2noc(C)c2COc2cc(C)cc(C)c2)cc1. The molecule has 7 heteroatoms. The highest BCUT2D eigenvalue weighted by molar-refractivity contribution is 6.04. The molecule has 150 valence electrons. The first kappa shape index (κ1) is 20.1. The zero-order chi connectivity index (χ0) is 21.0. The van der Waals surface area contributed by atoms with E-state index in [0.717, 1.165) is 16.9 Å². The van der Waals surface area contributed by atoms with Gasteiger partial charge in [-0.15, -0.1) is 0 Å². The molecule has 0 saturated carbocycles. The summed E-state index contributed by atoms with van der Waals surface area (Å²) in [5.74, 6) is 0.699. The van der Waals surface area contributed by atoms with Crippen LogP contribution in [0.15, 0.2) is 47.0 Å². The molecule has 0 atom stereocenters. The molecule has 2 N–H and O–H groups in total. The van der Waals surface area contributed by atoms with E-state index < -0.39 is 5.91 Å². The first-order chi connectivity index (χ1) is 13.8. The van der Waals surface area contributed by atoms with Crippen LogP contribution in [-0.4, -0.2) is 17.0 Å². The summed E-state index contributed by atoms with van der Waals surface area (Å²) in [7, 11) is 0. The number of nitrogens with one attached hydrogen (secondary N) is 2. The molecule has 1 aromatic heterocycles. The van der Waals surface area contributed by atoms with Crippen molar-refractivity contribution < 1.29 is 18.8 Å². The number of hydrogen-bond acceptors (Lipinski definition) is 5. The normalized spacial score (nSPS) is 10.5. The van der Waals surface area contributed by atoms with Gasteiger partial charge in [0.25, 0.3) is 5.91 Å². The van der Waals surface area contributed by atoms with E-state index in [1.54, 1.807) is 31.2 Å². The molecule has 0 spiro atoms. The number of benzene rings is 2. The van der Waals surface area contributed by atoms with Crippen LogP contribution >= 0.6 is 0 Å². The van der Waals surface area contributed by atoms with Gasteiger partial charge < -0.3 is 19.9 Å². The summed E-state index contributed by atoms with van der Waals surface area (Å²) < 4.78 is 11.1. The van der Waals surface area contributed by atoms with Crippen LogP contribution in [0.1, 0.15) is 39.9 Å². The van der Waals surface area contributed by atoms with E-state index in [2.05, 4.69) is 21.9 Å². The summed E-state index contributed by atoms with van der Waals surface area (Å²) in [5, 5.41) is 9.35. The molecule has 2 amide bonds. The van der Waals surface area contributed by atoms with Gasteiger partial charge in [-0.05, 0) is 68.3 Å². The predicted molar refractivity (Wildman–Crippen MR) is 110 cm³/mol. The maximum Gasteiger partial charge on any atom is 0.278 e. The lowest BCUT2D eigenvalue weighted by Crippen LogP contribution is -2.15. The molecule has 7 nitrogen and oxygen atoms in total. The van der Waals surface area contributed by atoms with Gasteiger partial charge in [0, 0.05) is 18.3 Å². The fourth-order valence-corrected chi connectivity index (χ4v) is 2.94. The number of rotatable bonds is 6. The third-order valence-corrected chi connectivity index (χ3v) is 4.24. The van der Waals surface area contributed by atoms with Crippen molar-refractivity contribution >= 4 is 23.2 Å². The molecule has 3 aromatic rings. The van der Waals surface area contributed by atoms with Crippen molar-refractivity contribution in [1.29, 1.82) is 0 Å². The van der Waals surface area contributed by atoms with Crippen molar-refractivity contribution in [3.63, 3.8) is 0 Å². The second kappa shape index (κ2) is 8.60. The number of amides is 2. The highest BCUT2D eigenvalue weighted by atomic mass is 16.5. The first-order valence-corrected chi connectivity index (χ1v) is 9.17. The maximum absolute atomic E-state index is 12.7. The van der Waals surface area contributed by atoms with Gasteiger partial charge in [0.15, 0.2) is 5.69 Å². The Morgan fingerprint density at radius 2 is 1.55 bits per heavy atom. The van der Waals surface area contributed by atoms with E-state index in [0.29, 0.717) is 22.7 Å². The highest BCUT2D eigenvalue weighted by Crippen LogP contribution is 2.21. The lowest BCUT2D eigenvalue weighted by molar-refractivity contribution is -0.114. The number of hydrogen-bond donors (Lipinski definition) is 2. The van der Waals surface area contributed by atoms with E-state index in [9.17, 15) is 9.59 Å². The van der Waals surface area contributed by atoms with E-state index in [1.807, 2.05) is 26.0 Å². The number of carbonyl (C=O) groups is 2. The Labute approximate surface area is 169 Å². The molecule has 0 bridgehead atoms. The van der Waals surface area contributed by atoms with Crippen molar-refractivity contribution in [1.82, 2.24) is 5.16 Å². The first-order valence-electron chi connectivity index (χ1n) is 9.17. The second-order valence-electron chi connectivity index (χ2n) is 6.89. The van der Waals surface area contributed by atoms with Crippen LogP contribution < -0.4 is 15.4 Å². The minimum atomic E-state index is -0.395. The summed E-state index contributed by atoms with van der Waals surface area (Å²) in [6.45, 7) is 7.35. The average molecular weight is 393 g/mol. The molecule has 2 aromatic carbocycles. The van der Waals surface area contributed by atoms with Crippen LogP contribution in [0.5, 0.6) is 5.75 Å². The van der Waals surface area contributed by atoms with Gasteiger partial charge >= 0.3 is 0 Å². The quantitative estimate of drug-likeness (QED) is 0.648. The van der Waals surface area contributed by atoms with Crippen molar-refractivity contribution in [3.8, 4) is 5.75 Å². The summed E-state index contributed by atoms with van der Waals surface area (Å²) >= 11 is 0. The second-order valence-corrected chi connectivity index (χ2v) is 6.89. The monoisotopic (exact) mass is 393 g/mol. The molecule has 0 radical (unpaired) electrons. The molecule has 29 heavy (non-hydrogen) atoms. The Morgan fingerprint density at radius 3 is 2.14 bits per heavy atom. The van der Waals surface area contributed by atoms with Gasteiger partial charge in [-0.2, -0.15) is 0 Å². The van der Waals surface area contributed by atoms with E-state index in [-0.39, 0.29) is 18.2 Å². The Bertz CT molecular complexity index is 1020. The largest absolute Gasteiger partial charge is 0.489 e. The third-order valence-electron chi connectivity index (χ3n) is 4.24. The van der Waals surface area contributed by atoms with Crippen LogP contribution in [0.2, 0.25) is 0 Å². The number of aryl methyl sites for hydroxylation is 3. The van der Waals surface area contributed by atoms with E-state index in [1.165, 1.54) is 6.92 Å². The van der Waals surface area contributed by atoms with Crippen molar-refractivity contribution in [2.75, 3.05) is 10.6 Å². The van der Waals surface area contributed by atoms with Gasteiger partial charge in [0.2, 0.25) is 5.91 Å². The molecule has 1 heterocycles. The topological polar surface area (TPSA) is 93.5 Å². The molecule has 3 rings (SSSR count). The van der Waals surface area contributed by atoms with Crippen molar-refractivity contribution in [2.24, 2.45) is 0 Å². The molecular weight excluding hydrogens is 370 g/mol. The summed E-state index contributed by atoms with van der Waals surface area (Å²) in [5.41, 5.74) is 4.20. The number of ether oxygens (including phenoxy) is 1. The number of carbonyl (C=O) groups excluding carboxylic acids is 2. The van der Waals surface area contributed by atoms with Crippen LogP contribution in [-0.2, 0) is 11.4 Å². The summed E-state index contributed by atoms with van der Waals surface area (Å²) in [4.78, 5) is 23.8. The molecule has 0 aliphatic heterocycles. The number of anilines is 2. The Kier molecular flexibility index (Phi) is 5.97. The fraction of sp³-hybridized carbons (Fsp3) is 0.227. The number of nitrogens with zero attached hydrogens (tertiary/aromatic N) is 1. The molecule has 0 saturated heterocycles. The summed E-state index contributed by atoms with van der Waals surface area (Å²) in [6.07, 6.45) is 0. The number of aromatic nitrogens is 1. The summed E-state index contributed by atoms with van der Waals surface area (Å²) in [6, 6.07) is 12.7. The van der Waals surface area contributed by atoms with Crippen molar-refractivity contribution in [3.05, 3.63) is 70.6 Å². The van der Waals surface area contributed by atoms with Gasteiger partial charge in [-0.3, -0.25) is 9.59 Å². The zero-order valence-corrected chi connectivity index (χ0v) is 16.8. The fourth-order valence-electron chi connectivity index (χ4n) is 2.94. The van der Waals surface area contributed by atoms with Crippen LogP contribution in [0.25, 0.3) is 0 Å². The Morgan fingerprint density at radius 1 is 0.966 bits per heavy atom. The smallest absolute Gasteiger partial charge is 0.278 e. The molecule has 0 aliphatic rings. The molecule has 0 fully saturated rings. The van der Waals surface area contributed by atoms with E-state index >= 15 is 0 Å². The van der Waals surface area contributed by atoms with Crippen LogP contribution in [0.3, 0.4) is 0 Å². The predicted octanol–water partition coefficient (Wildman–Crippen LogP) is 4.39. The van der Waals surface area contributed by atoms with Gasteiger partial charge in [-0.1, -0.05) is 11.2 Å². The molecule has 0 unspecified atom stereocenters. The van der Waals surface area contributed by atoms with Crippen molar-refractivity contribution in [2.45, 2.75) is 34.3 Å². The molecular formula is C22H23N3O4. The lowest BCUT2D eigenvalue weighted by atomic mass is 10.1.